The largest absolute Gasteiger partial charge is 0.409 e. The van der Waals surface area contributed by atoms with Crippen molar-refractivity contribution in [3.8, 4) is 0 Å². The monoisotopic (exact) mass is 290 g/mol. The highest BCUT2D eigenvalue weighted by Gasteiger charge is 2.26. The molecular formula is C15H22N4O2. The first-order valence-corrected chi connectivity index (χ1v) is 7.60. The number of morpholine rings is 1. The molecule has 1 fully saturated rings. The third-order valence-electron chi connectivity index (χ3n) is 4.31. The van der Waals surface area contributed by atoms with Crippen LogP contribution >= 0.6 is 0 Å². The van der Waals surface area contributed by atoms with Gasteiger partial charge in [0.1, 0.15) is 5.82 Å². The second kappa shape index (κ2) is 5.89. The number of hydrogen-bond donors (Lipinski definition) is 2. The van der Waals surface area contributed by atoms with Crippen molar-refractivity contribution < 1.29 is 9.94 Å². The fourth-order valence-electron chi connectivity index (χ4n) is 3.10. The molecule has 0 aromatic carbocycles. The summed E-state index contributed by atoms with van der Waals surface area (Å²) in [5.74, 6) is 0.958. The van der Waals surface area contributed by atoms with E-state index in [1.165, 1.54) is 5.56 Å². The lowest BCUT2D eigenvalue weighted by molar-refractivity contribution is 0.0381. The van der Waals surface area contributed by atoms with Gasteiger partial charge in [-0.25, -0.2) is 4.98 Å². The van der Waals surface area contributed by atoms with Crippen molar-refractivity contribution in [2.45, 2.75) is 38.7 Å². The third kappa shape index (κ3) is 2.68. The van der Waals surface area contributed by atoms with Gasteiger partial charge in [0, 0.05) is 18.8 Å². The molecule has 2 aliphatic rings. The number of oxime groups is 1. The van der Waals surface area contributed by atoms with Crippen LogP contribution < -0.4 is 10.6 Å². The lowest BCUT2D eigenvalue weighted by Crippen LogP contribution is -2.43. The van der Waals surface area contributed by atoms with E-state index in [4.69, 9.17) is 20.7 Å². The highest BCUT2D eigenvalue weighted by molar-refractivity contribution is 6.01. The fraction of sp³-hybridized carbons (Fsp3) is 0.600. The molecular weight excluding hydrogens is 268 g/mol. The maximum Gasteiger partial charge on any atom is 0.173 e. The van der Waals surface area contributed by atoms with Crippen LogP contribution in [0.3, 0.4) is 0 Å². The Balaban J connectivity index is 1.99. The Kier molecular flexibility index (Phi) is 3.96. The topological polar surface area (TPSA) is 84.0 Å². The van der Waals surface area contributed by atoms with Crippen LogP contribution in [0, 0.1) is 0 Å². The van der Waals surface area contributed by atoms with Gasteiger partial charge in [0.25, 0.3) is 0 Å². The van der Waals surface area contributed by atoms with Crippen molar-refractivity contribution in [2.24, 2.45) is 10.9 Å². The summed E-state index contributed by atoms with van der Waals surface area (Å²) < 4.78 is 5.72. The molecule has 21 heavy (non-hydrogen) atoms. The first-order valence-electron chi connectivity index (χ1n) is 7.60. The molecule has 0 bridgehead atoms. The lowest BCUT2D eigenvalue weighted by atomic mass is 10.1. The van der Waals surface area contributed by atoms with Crippen molar-refractivity contribution >= 4 is 11.7 Å². The maximum atomic E-state index is 9.05. The summed E-state index contributed by atoms with van der Waals surface area (Å²) in [6.07, 6.45) is 4.35. The second-order valence-electron chi connectivity index (χ2n) is 5.65. The molecule has 1 atom stereocenters. The minimum absolute atomic E-state index is 0.131. The van der Waals surface area contributed by atoms with E-state index in [0.29, 0.717) is 6.61 Å². The van der Waals surface area contributed by atoms with Gasteiger partial charge in [-0.15, -0.1) is 0 Å². The Morgan fingerprint density at radius 2 is 2.43 bits per heavy atom. The molecule has 6 heteroatoms. The van der Waals surface area contributed by atoms with Gasteiger partial charge in [-0.3, -0.25) is 0 Å². The smallest absolute Gasteiger partial charge is 0.173 e. The van der Waals surface area contributed by atoms with E-state index in [9.17, 15) is 0 Å². The van der Waals surface area contributed by atoms with Crippen LogP contribution in [0.1, 0.15) is 36.6 Å². The van der Waals surface area contributed by atoms with E-state index in [-0.39, 0.29) is 11.9 Å². The van der Waals surface area contributed by atoms with E-state index >= 15 is 0 Å². The predicted octanol–water partition coefficient (Wildman–Crippen LogP) is 1.28. The van der Waals surface area contributed by atoms with Gasteiger partial charge in [-0.05, 0) is 37.3 Å². The van der Waals surface area contributed by atoms with Gasteiger partial charge in [-0.1, -0.05) is 12.1 Å². The molecule has 6 nitrogen and oxygen atoms in total. The number of amidine groups is 1. The molecule has 3 N–H and O–H groups in total. The van der Waals surface area contributed by atoms with Crippen LogP contribution in [-0.2, 0) is 17.6 Å². The van der Waals surface area contributed by atoms with Gasteiger partial charge < -0.3 is 20.6 Å². The van der Waals surface area contributed by atoms with Crippen LogP contribution in [0.15, 0.2) is 11.2 Å². The summed E-state index contributed by atoms with van der Waals surface area (Å²) in [6.45, 7) is 4.39. The fourth-order valence-corrected chi connectivity index (χ4v) is 3.10. The molecule has 1 aromatic heterocycles. The average Bonchev–Trinajstić information content (AvgIpc) is 3.00. The number of rotatable bonds is 3. The number of hydrogen-bond acceptors (Lipinski definition) is 5. The molecule has 114 valence electrons. The summed E-state index contributed by atoms with van der Waals surface area (Å²) >= 11 is 0. The van der Waals surface area contributed by atoms with Crippen molar-refractivity contribution in [1.82, 2.24) is 4.98 Å². The van der Waals surface area contributed by atoms with Gasteiger partial charge in [-0.2, -0.15) is 0 Å². The van der Waals surface area contributed by atoms with E-state index in [1.807, 2.05) is 6.07 Å². The van der Waals surface area contributed by atoms with E-state index in [1.54, 1.807) is 0 Å². The number of aromatic nitrogens is 1. The van der Waals surface area contributed by atoms with Crippen LogP contribution in [0.5, 0.6) is 0 Å². The molecule has 3 rings (SSSR count). The van der Waals surface area contributed by atoms with Crippen molar-refractivity contribution in [1.29, 1.82) is 0 Å². The average molecular weight is 290 g/mol. The van der Waals surface area contributed by atoms with Crippen LogP contribution in [0.25, 0.3) is 0 Å². The minimum Gasteiger partial charge on any atom is -0.409 e. The summed E-state index contributed by atoms with van der Waals surface area (Å²) in [6, 6.07) is 2.04. The normalized spacial score (nSPS) is 22.4. The van der Waals surface area contributed by atoms with Gasteiger partial charge in [0.15, 0.2) is 5.84 Å². The van der Waals surface area contributed by atoms with Gasteiger partial charge >= 0.3 is 0 Å². The lowest BCUT2D eigenvalue weighted by Gasteiger charge is -2.34. The molecule has 0 spiro atoms. The maximum absolute atomic E-state index is 9.05. The predicted molar refractivity (Wildman–Crippen MR) is 81.0 cm³/mol. The minimum atomic E-state index is 0.131. The van der Waals surface area contributed by atoms with Gasteiger partial charge in [0.2, 0.25) is 0 Å². The van der Waals surface area contributed by atoms with Crippen LogP contribution in [0.4, 0.5) is 5.82 Å². The van der Waals surface area contributed by atoms with Gasteiger partial charge in [0.05, 0.1) is 18.3 Å². The van der Waals surface area contributed by atoms with E-state index < -0.39 is 0 Å². The highest BCUT2D eigenvalue weighted by Crippen LogP contribution is 2.28. The Bertz CT molecular complexity index is 559. The SMILES string of the molecule is CCC1CN(c2nc3c(cc2C(N)=NO)CCC3)CCO1. The summed E-state index contributed by atoms with van der Waals surface area (Å²) in [5.41, 5.74) is 8.97. The number of fused-ring (bicyclic) bond motifs is 1. The zero-order valence-corrected chi connectivity index (χ0v) is 12.4. The number of pyridine rings is 1. The molecule has 1 saturated heterocycles. The summed E-state index contributed by atoms with van der Waals surface area (Å²) in [4.78, 5) is 7.01. The Morgan fingerprint density at radius 1 is 1.57 bits per heavy atom. The zero-order valence-electron chi connectivity index (χ0n) is 12.4. The standard InChI is InChI=1S/C15H22N4O2/c1-2-11-9-19(6-7-21-11)15-12(14(16)18-20)8-10-4-3-5-13(10)17-15/h8,11,20H,2-7,9H2,1H3,(H2,16,18). The molecule has 1 unspecified atom stereocenters. The number of ether oxygens (including phenoxy) is 1. The van der Waals surface area contributed by atoms with Crippen LogP contribution in [0.2, 0.25) is 0 Å². The molecule has 0 saturated carbocycles. The highest BCUT2D eigenvalue weighted by atomic mass is 16.5. The summed E-state index contributed by atoms with van der Waals surface area (Å²) in [5, 5.41) is 12.2. The molecule has 1 aromatic rings. The van der Waals surface area contributed by atoms with Crippen LogP contribution in [-0.4, -0.2) is 41.8 Å². The number of nitrogens with zero attached hydrogens (tertiary/aromatic N) is 3. The second-order valence-corrected chi connectivity index (χ2v) is 5.65. The molecule has 0 radical (unpaired) electrons. The quantitative estimate of drug-likeness (QED) is 0.379. The number of nitrogens with two attached hydrogens (primary N) is 1. The Labute approximate surface area is 124 Å². The van der Waals surface area contributed by atoms with Crippen molar-refractivity contribution in [3.63, 3.8) is 0 Å². The molecule has 1 aliphatic carbocycles. The van der Waals surface area contributed by atoms with E-state index in [2.05, 4.69) is 17.0 Å². The third-order valence-corrected chi connectivity index (χ3v) is 4.31. The number of anilines is 1. The van der Waals surface area contributed by atoms with Crippen molar-refractivity contribution in [2.75, 3.05) is 24.6 Å². The molecule has 2 heterocycles. The zero-order chi connectivity index (χ0) is 14.8. The molecule has 1 aliphatic heterocycles. The first-order chi connectivity index (χ1) is 10.2. The summed E-state index contributed by atoms with van der Waals surface area (Å²) in [7, 11) is 0. The number of aryl methyl sites for hydroxylation is 2. The van der Waals surface area contributed by atoms with Crippen molar-refractivity contribution in [3.05, 3.63) is 22.9 Å². The molecule has 0 amide bonds. The Hall–Kier alpha value is -1.82. The first kappa shape index (κ1) is 14.1. The Morgan fingerprint density at radius 3 is 3.19 bits per heavy atom. The van der Waals surface area contributed by atoms with E-state index in [0.717, 1.165) is 55.8 Å².